The van der Waals surface area contributed by atoms with Gasteiger partial charge in [-0.15, -0.1) is 0 Å². The van der Waals surface area contributed by atoms with Crippen molar-refractivity contribution in [1.29, 1.82) is 0 Å². The fourth-order valence-electron chi connectivity index (χ4n) is 2.30. The summed E-state index contributed by atoms with van der Waals surface area (Å²) >= 11 is 0. The Balaban J connectivity index is 2.27. The SMILES string of the molecule is FC(F)(F)c1cc(Nc2ccccn2)c2cccc(C(F)(F)F)c2n1. The molecule has 0 saturated carbocycles. The van der Waals surface area contributed by atoms with E-state index in [1.807, 2.05) is 0 Å². The van der Waals surface area contributed by atoms with Gasteiger partial charge < -0.3 is 5.32 Å². The first kappa shape index (κ1) is 17.0. The molecular formula is C16H9F6N3. The average molecular weight is 357 g/mol. The molecule has 1 aromatic carbocycles. The summed E-state index contributed by atoms with van der Waals surface area (Å²) in [5.74, 6) is 0.195. The van der Waals surface area contributed by atoms with Crippen LogP contribution < -0.4 is 5.32 Å². The predicted octanol–water partition coefficient (Wildman–Crippen LogP) is 5.41. The maximum atomic E-state index is 13.2. The molecule has 0 fully saturated rings. The van der Waals surface area contributed by atoms with Crippen LogP contribution >= 0.6 is 0 Å². The van der Waals surface area contributed by atoms with Crippen LogP contribution in [0, 0.1) is 0 Å². The summed E-state index contributed by atoms with van der Waals surface area (Å²) in [4.78, 5) is 7.12. The van der Waals surface area contributed by atoms with E-state index in [1.165, 1.54) is 18.3 Å². The van der Waals surface area contributed by atoms with E-state index in [0.29, 0.717) is 12.1 Å². The summed E-state index contributed by atoms with van der Waals surface area (Å²) in [6.07, 6.45) is -8.33. The standard InChI is InChI=1S/C16H9F6N3/c17-15(18,19)10-5-3-4-9-11(24-13-6-1-2-7-23-13)8-12(16(20,21)22)25-14(9)10/h1-8H,(H,23,24,25). The van der Waals surface area contributed by atoms with Gasteiger partial charge in [-0.05, 0) is 24.3 Å². The van der Waals surface area contributed by atoms with E-state index in [1.54, 1.807) is 12.1 Å². The first-order valence-electron chi connectivity index (χ1n) is 6.92. The van der Waals surface area contributed by atoms with Crippen molar-refractivity contribution >= 4 is 22.4 Å². The fourth-order valence-corrected chi connectivity index (χ4v) is 2.30. The van der Waals surface area contributed by atoms with Gasteiger partial charge in [-0.25, -0.2) is 9.97 Å². The summed E-state index contributed by atoms with van der Waals surface area (Å²) in [7, 11) is 0. The molecular weight excluding hydrogens is 348 g/mol. The van der Waals surface area contributed by atoms with Crippen LogP contribution in [0.25, 0.3) is 10.9 Å². The molecule has 0 amide bonds. The molecule has 9 heteroatoms. The second-order valence-corrected chi connectivity index (χ2v) is 5.09. The maximum Gasteiger partial charge on any atom is 0.433 e. The van der Waals surface area contributed by atoms with Crippen LogP contribution in [0.3, 0.4) is 0 Å². The van der Waals surface area contributed by atoms with Gasteiger partial charge >= 0.3 is 12.4 Å². The highest BCUT2D eigenvalue weighted by molar-refractivity contribution is 5.95. The third kappa shape index (κ3) is 3.49. The number of hydrogen-bond acceptors (Lipinski definition) is 3. The number of nitrogens with one attached hydrogen (secondary N) is 1. The van der Waals surface area contributed by atoms with Gasteiger partial charge in [-0.1, -0.05) is 18.2 Å². The van der Waals surface area contributed by atoms with E-state index in [9.17, 15) is 26.3 Å². The number of rotatable bonds is 2. The largest absolute Gasteiger partial charge is 0.433 e. The molecule has 2 heterocycles. The molecule has 0 spiro atoms. The van der Waals surface area contributed by atoms with Gasteiger partial charge in [-0.2, -0.15) is 26.3 Å². The molecule has 3 nitrogen and oxygen atoms in total. The predicted molar refractivity (Wildman–Crippen MR) is 79.3 cm³/mol. The van der Waals surface area contributed by atoms with Gasteiger partial charge in [0.25, 0.3) is 0 Å². The van der Waals surface area contributed by atoms with Crippen LogP contribution in [0.15, 0.2) is 48.7 Å². The minimum Gasteiger partial charge on any atom is -0.340 e. The van der Waals surface area contributed by atoms with E-state index in [2.05, 4.69) is 15.3 Å². The number of halogens is 6. The third-order valence-electron chi connectivity index (χ3n) is 3.36. The van der Waals surface area contributed by atoms with Gasteiger partial charge in [0.2, 0.25) is 0 Å². The van der Waals surface area contributed by atoms with Crippen LogP contribution in [0.1, 0.15) is 11.3 Å². The zero-order chi connectivity index (χ0) is 18.2. The molecule has 25 heavy (non-hydrogen) atoms. The van der Waals surface area contributed by atoms with Crippen molar-refractivity contribution in [2.75, 3.05) is 5.32 Å². The second-order valence-electron chi connectivity index (χ2n) is 5.09. The van der Waals surface area contributed by atoms with Gasteiger partial charge in [-0.3, -0.25) is 0 Å². The Bertz CT molecular complexity index is 903. The van der Waals surface area contributed by atoms with Crippen molar-refractivity contribution in [3.05, 3.63) is 59.9 Å². The number of fused-ring (bicyclic) bond motifs is 1. The van der Waals surface area contributed by atoms with Crippen molar-refractivity contribution in [2.45, 2.75) is 12.4 Å². The molecule has 3 rings (SSSR count). The first-order chi connectivity index (χ1) is 11.7. The molecule has 0 atom stereocenters. The Morgan fingerprint density at radius 3 is 2.20 bits per heavy atom. The van der Waals surface area contributed by atoms with E-state index in [-0.39, 0.29) is 16.9 Å². The minimum absolute atomic E-state index is 0.0894. The quantitative estimate of drug-likeness (QED) is 0.623. The number of nitrogens with zero attached hydrogens (tertiary/aromatic N) is 2. The average Bonchev–Trinajstić information content (AvgIpc) is 2.53. The molecule has 0 unspecified atom stereocenters. The lowest BCUT2D eigenvalue weighted by molar-refractivity contribution is -0.142. The summed E-state index contributed by atoms with van der Waals surface area (Å²) in [5.41, 5.74) is -3.60. The maximum absolute atomic E-state index is 13.2. The van der Waals surface area contributed by atoms with Crippen LogP contribution in [0.4, 0.5) is 37.8 Å². The lowest BCUT2D eigenvalue weighted by atomic mass is 10.1. The zero-order valence-corrected chi connectivity index (χ0v) is 12.3. The fraction of sp³-hybridized carbons (Fsp3) is 0.125. The Hall–Kier alpha value is -2.84. The van der Waals surface area contributed by atoms with Crippen molar-refractivity contribution in [2.24, 2.45) is 0 Å². The number of alkyl halides is 6. The van der Waals surface area contributed by atoms with Crippen molar-refractivity contribution in [3.8, 4) is 0 Å². The molecule has 0 saturated heterocycles. The Morgan fingerprint density at radius 1 is 0.840 bits per heavy atom. The van der Waals surface area contributed by atoms with Gasteiger partial charge in [0, 0.05) is 11.6 Å². The van der Waals surface area contributed by atoms with Crippen LogP contribution in [0.5, 0.6) is 0 Å². The number of aromatic nitrogens is 2. The monoisotopic (exact) mass is 357 g/mol. The van der Waals surface area contributed by atoms with E-state index in [0.717, 1.165) is 6.07 Å². The van der Waals surface area contributed by atoms with Gasteiger partial charge in [0.1, 0.15) is 11.5 Å². The molecule has 0 aliphatic carbocycles. The van der Waals surface area contributed by atoms with Crippen molar-refractivity contribution < 1.29 is 26.3 Å². The number of benzene rings is 1. The third-order valence-corrected chi connectivity index (χ3v) is 3.36. The molecule has 0 bridgehead atoms. The van der Waals surface area contributed by atoms with Crippen molar-refractivity contribution in [1.82, 2.24) is 9.97 Å². The summed E-state index contributed by atoms with van der Waals surface area (Å²) in [6, 6.07) is 8.40. The smallest absolute Gasteiger partial charge is 0.340 e. The summed E-state index contributed by atoms with van der Waals surface area (Å²) in [5, 5.41) is 2.53. The molecule has 130 valence electrons. The van der Waals surface area contributed by atoms with E-state index >= 15 is 0 Å². The highest BCUT2D eigenvalue weighted by atomic mass is 19.4. The van der Waals surface area contributed by atoms with Crippen LogP contribution in [-0.2, 0) is 12.4 Å². The molecule has 3 aromatic rings. The van der Waals surface area contributed by atoms with E-state index < -0.39 is 29.1 Å². The first-order valence-corrected chi connectivity index (χ1v) is 6.92. The highest BCUT2D eigenvalue weighted by Crippen LogP contribution is 2.39. The Labute approximate surface area is 137 Å². The minimum atomic E-state index is -4.90. The Morgan fingerprint density at radius 2 is 1.60 bits per heavy atom. The summed E-state index contributed by atoms with van der Waals surface area (Å²) < 4.78 is 78.7. The summed E-state index contributed by atoms with van der Waals surface area (Å²) in [6.45, 7) is 0. The van der Waals surface area contributed by atoms with Crippen LogP contribution in [0.2, 0.25) is 0 Å². The molecule has 0 aliphatic heterocycles. The lowest BCUT2D eigenvalue weighted by Crippen LogP contribution is -2.12. The van der Waals surface area contributed by atoms with Crippen LogP contribution in [-0.4, -0.2) is 9.97 Å². The molecule has 1 N–H and O–H groups in total. The topological polar surface area (TPSA) is 37.8 Å². The van der Waals surface area contributed by atoms with Crippen molar-refractivity contribution in [3.63, 3.8) is 0 Å². The van der Waals surface area contributed by atoms with Gasteiger partial charge in [0.15, 0.2) is 0 Å². The zero-order valence-electron chi connectivity index (χ0n) is 12.3. The Kier molecular flexibility index (Phi) is 4.02. The molecule has 0 aliphatic rings. The lowest BCUT2D eigenvalue weighted by Gasteiger charge is -2.16. The second kappa shape index (κ2) is 5.91. The number of pyridine rings is 2. The highest BCUT2D eigenvalue weighted by Gasteiger charge is 2.37. The number of anilines is 2. The van der Waals surface area contributed by atoms with E-state index in [4.69, 9.17) is 0 Å². The molecule has 2 aromatic heterocycles. The van der Waals surface area contributed by atoms with Gasteiger partial charge in [0.05, 0.1) is 16.8 Å². The normalized spacial score (nSPS) is 12.4. The molecule has 0 radical (unpaired) electrons. The number of para-hydroxylation sites is 1. The number of hydrogen-bond donors (Lipinski definition) is 1.